The maximum atomic E-state index is 12.3. The van der Waals surface area contributed by atoms with Gasteiger partial charge in [-0.05, 0) is 26.3 Å². The highest BCUT2D eigenvalue weighted by Gasteiger charge is 2.22. The van der Waals surface area contributed by atoms with Gasteiger partial charge in [0, 0.05) is 18.0 Å². The summed E-state index contributed by atoms with van der Waals surface area (Å²) in [6.45, 7) is 14.6. The molecule has 1 aromatic heterocycles. The fourth-order valence-electron chi connectivity index (χ4n) is 2.10. The zero-order valence-electron chi connectivity index (χ0n) is 14.0. The first kappa shape index (κ1) is 19.1. The maximum Gasteiger partial charge on any atom is 0.341 e. The number of nitrogens with zero attached hydrogens (tertiary/aromatic N) is 1. The Morgan fingerprint density at radius 1 is 1.26 bits per heavy atom. The molecule has 0 aromatic carbocycles. The summed E-state index contributed by atoms with van der Waals surface area (Å²) in [5.74, 6) is -0.584. The largest absolute Gasteiger partial charge is 0.462 e. The molecular weight excluding hydrogens is 312 g/mol. The number of carbonyl (C=O) groups excluding carboxylic acids is 2. The second-order valence-electron chi connectivity index (χ2n) is 5.03. The number of hydrogen-bond acceptors (Lipinski definition) is 5. The summed E-state index contributed by atoms with van der Waals surface area (Å²) in [4.78, 5) is 27.2. The predicted molar refractivity (Wildman–Crippen MR) is 95.2 cm³/mol. The second-order valence-corrected chi connectivity index (χ2v) is 6.25. The van der Waals surface area contributed by atoms with Crippen molar-refractivity contribution in [2.45, 2.75) is 20.8 Å². The summed E-state index contributed by atoms with van der Waals surface area (Å²) in [5, 5.41) is 3.37. The molecule has 126 valence electrons. The first-order chi connectivity index (χ1) is 10.9. The van der Waals surface area contributed by atoms with Crippen LogP contribution in [-0.2, 0) is 9.53 Å². The Hall–Kier alpha value is -1.92. The molecule has 0 spiro atoms. The Morgan fingerprint density at radius 2 is 1.87 bits per heavy atom. The van der Waals surface area contributed by atoms with Crippen LogP contribution >= 0.6 is 11.3 Å². The lowest BCUT2D eigenvalue weighted by molar-refractivity contribution is -0.117. The van der Waals surface area contributed by atoms with Crippen LogP contribution in [0, 0.1) is 13.8 Å². The van der Waals surface area contributed by atoms with E-state index in [9.17, 15) is 9.59 Å². The molecule has 0 unspecified atom stereocenters. The van der Waals surface area contributed by atoms with Crippen molar-refractivity contribution < 1.29 is 14.3 Å². The second kappa shape index (κ2) is 9.27. The minimum atomic E-state index is -0.404. The molecule has 1 aromatic rings. The molecule has 1 rings (SSSR count). The van der Waals surface area contributed by atoms with Crippen molar-refractivity contribution in [1.82, 2.24) is 4.90 Å². The van der Waals surface area contributed by atoms with E-state index in [1.54, 1.807) is 19.1 Å². The highest BCUT2D eigenvalue weighted by atomic mass is 32.1. The smallest absolute Gasteiger partial charge is 0.341 e. The van der Waals surface area contributed by atoms with Gasteiger partial charge in [0.05, 0.1) is 18.7 Å². The molecule has 0 fully saturated rings. The Kier molecular flexibility index (Phi) is 7.71. The van der Waals surface area contributed by atoms with Crippen LogP contribution in [0.3, 0.4) is 0 Å². The summed E-state index contributed by atoms with van der Waals surface area (Å²) in [5.41, 5.74) is 1.29. The Morgan fingerprint density at radius 3 is 2.39 bits per heavy atom. The molecule has 0 saturated carbocycles. The van der Waals surface area contributed by atoms with E-state index in [0.29, 0.717) is 30.3 Å². The molecule has 1 N–H and O–H groups in total. The first-order valence-electron chi connectivity index (χ1n) is 7.45. The number of hydrogen-bond donors (Lipinski definition) is 1. The Labute approximate surface area is 141 Å². The quantitative estimate of drug-likeness (QED) is 0.556. The van der Waals surface area contributed by atoms with Gasteiger partial charge < -0.3 is 10.1 Å². The van der Waals surface area contributed by atoms with Crippen molar-refractivity contribution in [2.24, 2.45) is 0 Å². The van der Waals surface area contributed by atoms with Gasteiger partial charge in [0.15, 0.2) is 0 Å². The topological polar surface area (TPSA) is 58.6 Å². The Bertz CT molecular complexity index is 583. The molecule has 1 heterocycles. The van der Waals surface area contributed by atoms with Gasteiger partial charge in [0.1, 0.15) is 5.00 Å². The van der Waals surface area contributed by atoms with E-state index in [1.165, 1.54) is 11.3 Å². The number of aryl methyl sites for hydroxylation is 1. The van der Waals surface area contributed by atoms with E-state index < -0.39 is 5.97 Å². The van der Waals surface area contributed by atoms with E-state index in [4.69, 9.17) is 4.74 Å². The van der Waals surface area contributed by atoms with Gasteiger partial charge >= 0.3 is 5.97 Å². The molecule has 5 nitrogen and oxygen atoms in total. The molecule has 0 saturated heterocycles. The van der Waals surface area contributed by atoms with Crippen molar-refractivity contribution in [2.75, 3.05) is 31.6 Å². The summed E-state index contributed by atoms with van der Waals surface area (Å²) in [6, 6.07) is 0. The molecule has 23 heavy (non-hydrogen) atoms. The van der Waals surface area contributed by atoms with Crippen LogP contribution in [0.1, 0.15) is 27.7 Å². The van der Waals surface area contributed by atoms with Gasteiger partial charge in [0.2, 0.25) is 5.91 Å². The van der Waals surface area contributed by atoms with Crippen LogP contribution < -0.4 is 5.32 Å². The van der Waals surface area contributed by atoms with Crippen LogP contribution in [0.4, 0.5) is 5.00 Å². The molecule has 0 aliphatic carbocycles. The number of nitrogens with one attached hydrogen (secondary N) is 1. The van der Waals surface area contributed by atoms with Gasteiger partial charge in [-0.2, -0.15) is 0 Å². The lowest BCUT2D eigenvalue weighted by Gasteiger charge is -2.17. The van der Waals surface area contributed by atoms with Crippen molar-refractivity contribution >= 4 is 28.2 Å². The third-order valence-corrected chi connectivity index (χ3v) is 4.38. The third-order valence-electron chi connectivity index (χ3n) is 3.26. The van der Waals surface area contributed by atoms with Gasteiger partial charge in [-0.25, -0.2) is 4.79 Å². The number of rotatable bonds is 9. The van der Waals surface area contributed by atoms with Crippen molar-refractivity contribution in [1.29, 1.82) is 0 Å². The molecule has 6 heteroatoms. The fraction of sp³-hybridized carbons (Fsp3) is 0.412. The van der Waals surface area contributed by atoms with Crippen LogP contribution in [-0.4, -0.2) is 43.0 Å². The predicted octanol–water partition coefficient (Wildman–Crippen LogP) is 3.15. The zero-order valence-corrected chi connectivity index (χ0v) is 14.8. The average molecular weight is 336 g/mol. The highest BCUT2D eigenvalue weighted by Crippen LogP contribution is 2.33. The Balaban J connectivity index is 2.89. The maximum absolute atomic E-state index is 12.3. The number of ether oxygens (including phenoxy) is 1. The van der Waals surface area contributed by atoms with E-state index in [0.717, 1.165) is 10.4 Å². The van der Waals surface area contributed by atoms with Crippen LogP contribution in [0.15, 0.2) is 25.3 Å². The minimum absolute atomic E-state index is 0.180. The minimum Gasteiger partial charge on any atom is -0.462 e. The summed E-state index contributed by atoms with van der Waals surface area (Å²) in [6.07, 6.45) is 3.47. The first-order valence-corrected chi connectivity index (χ1v) is 8.27. The van der Waals surface area contributed by atoms with E-state index in [-0.39, 0.29) is 12.5 Å². The summed E-state index contributed by atoms with van der Waals surface area (Å²) < 4.78 is 5.08. The number of carbonyl (C=O) groups is 2. The number of amides is 1. The van der Waals surface area contributed by atoms with Gasteiger partial charge in [-0.15, -0.1) is 24.5 Å². The molecule has 0 radical (unpaired) electrons. The molecular formula is C17H24N2O3S. The lowest BCUT2D eigenvalue weighted by atomic mass is 10.1. The monoisotopic (exact) mass is 336 g/mol. The van der Waals surface area contributed by atoms with Crippen LogP contribution in [0.25, 0.3) is 0 Å². The number of esters is 1. The van der Waals surface area contributed by atoms with Gasteiger partial charge in [-0.1, -0.05) is 12.2 Å². The van der Waals surface area contributed by atoms with Crippen LogP contribution in [0.2, 0.25) is 0 Å². The fourth-order valence-corrected chi connectivity index (χ4v) is 3.17. The van der Waals surface area contributed by atoms with E-state index in [1.807, 2.05) is 18.7 Å². The van der Waals surface area contributed by atoms with Gasteiger partial charge in [0.25, 0.3) is 0 Å². The van der Waals surface area contributed by atoms with Gasteiger partial charge in [-0.3, -0.25) is 9.69 Å². The molecule has 0 bridgehead atoms. The highest BCUT2D eigenvalue weighted by molar-refractivity contribution is 7.16. The normalized spacial score (nSPS) is 10.4. The average Bonchev–Trinajstić information content (AvgIpc) is 2.74. The molecule has 0 aliphatic rings. The van der Waals surface area contributed by atoms with Crippen molar-refractivity contribution in [3.8, 4) is 0 Å². The third kappa shape index (κ3) is 5.33. The van der Waals surface area contributed by atoms with Crippen molar-refractivity contribution in [3.05, 3.63) is 41.3 Å². The molecule has 0 atom stereocenters. The summed E-state index contributed by atoms with van der Waals surface area (Å²) >= 11 is 1.39. The molecule has 1 amide bonds. The van der Waals surface area contributed by atoms with Crippen LogP contribution in [0.5, 0.6) is 0 Å². The van der Waals surface area contributed by atoms with Crippen molar-refractivity contribution in [3.63, 3.8) is 0 Å². The number of anilines is 1. The zero-order chi connectivity index (χ0) is 17.4. The standard InChI is InChI=1S/C17H24N2O3S/c1-6-9-19(10-7-2)11-14(20)18-16-15(17(21)22-8-3)12(4)13(5)23-16/h6-7H,1-2,8-11H2,3-5H3,(H,18,20). The SMILES string of the molecule is C=CCN(CC=C)CC(=O)Nc1sc(C)c(C)c1C(=O)OCC. The molecule has 0 aliphatic heterocycles. The summed E-state index contributed by atoms with van der Waals surface area (Å²) in [7, 11) is 0. The van der Waals surface area contributed by atoms with E-state index in [2.05, 4.69) is 18.5 Å². The van der Waals surface area contributed by atoms with E-state index >= 15 is 0 Å². The number of thiophene rings is 1. The lowest BCUT2D eigenvalue weighted by Crippen LogP contribution is -2.33.